The van der Waals surface area contributed by atoms with Crippen LogP contribution in [0.15, 0.2) is 61.1 Å². The van der Waals surface area contributed by atoms with Gasteiger partial charge in [-0.2, -0.15) is 18.3 Å². The van der Waals surface area contributed by atoms with Crippen LogP contribution < -0.4 is 5.32 Å². The molecule has 0 spiro atoms. The summed E-state index contributed by atoms with van der Waals surface area (Å²) in [5.41, 5.74) is 0.403. The molecule has 0 unspecified atom stereocenters. The lowest BCUT2D eigenvalue weighted by Crippen LogP contribution is -2.32. The largest absolute Gasteiger partial charge is 0.416 e. The molecule has 4 rings (SSSR count). The second-order valence-corrected chi connectivity index (χ2v) is 7.57. The monoisotopic (exact) mass is 443 g/mol. The number of nitrogens with zero attached hydrogens (tertiary/aromatic N) is 4. The molecular formula is C22H20F3N5O2. The summed E-state index contributed by atoms with van der Waals surface area (Å²) in [6.45, 7) is 0.451. The summed E-state index contributed by atoms with van der Waals surface area (Å²) in [6, 6.07) is 10.3. The van der Waals surface area contributed by atoms with Crippen molar-refractivity contribution in [1.29, 1.82) is 0 Å². The second kappa shape index (κ2) is 8.81. The van der Waals surface area contributed by atoms with Gasteiger partial charge in [-0.15, -0.1) is 0 Å². The Morgan fingerprint density at radius 1 is 1.16 bits per heavy atom. The van der Waals surface area contributed by atoms with Gasteiger partial charge in [0.25, 0.3) is 0 Å². The molecule has 1 atom stereocenters. The van der Waals surface area contributed by atoms with Crippen LogP contribution >= 0.6 is 0 Å². The number of hydrogen-bond acceptors (Lipinski definition) is 4. The van der Waals surface area contributed by atoms with Gasteiger partial charge < -0.3 is 10.2 Å². The topological polar surface area (TPSA) is 80.1 Å². The quantitative estimate of drug-likeness (QED) is 0.635. The molecule has 2 aromatic heterocycles. The van der Waals surface area contributed by atoms with Crippen molar-refractivity contribution in [2.45, 2.75) is 25.7 Å². The molecule has 1 fully saturated rings. The average Bonchev–Trinajstić information content (AvgIpc) is 3.43. The Balaban J connectivity index is 1.31. The number of pyridine rings is 1. The molecule has 1 aliphatic heterocycles. The van der Waals surface area contributed by atoms with Crippen LogP contribution in [0.3, 0.4) is 0 Å². The highest BCUT2D eigenvalue weighted by atomic mass is 19.4. The first-order valence-electron chi connectivity index (χ1n) is 9.96. The first-order valence-corrected chi connectivity index (χ1v) is 9.96. The Labute approximate surface area is 181 Å². The number of carbonyl (C=O) groups excluding carboxylic acids is 2. The van der Waals surface area contributed by atoms with Crippen molar-refractivity contribution in [1.82, 2.24) is 25.0 Å². The minimum absolute atomic E-state index is 0.0290. The van der Waals surface area contributed by atoms with E-state index in [-0.39, 0.29) is 37.9 Å². The van der Waals surface area contributed by atoms with Crippen LogP contribution in [0.25, 0.3) is 5.82 Å². The number of halogens is 3. The van der Waals surface area contributed by atoms with Crippen molar-refractivity contribution in [3.05, 3.63) is 77.7 Å². The molecule has 0 aliphatic carbocycles. The van der Waals surface area contributed by atoms with E-state index in [1.165, 1.54) is 17.0 Å². The molecule has 0 radical (unpaired) electrons. The molecule has 166 valence electrons. The van der Waals surface area contributed by atoms with E-state index >= 15 is 0 Å². The van der Waals surface area contributed by atoms with Crippen LogP contribution in [0.1, 0.15) is 23.1 Å². The van der Waals surface area contributed by atoms with E-state index in [0.717, 1.165) is 17.7 Å². The van der Waals surface area contributed by atoms with Crippen molar-refractivity contribution in [2.75, 3.05) is 6.54 Å². The molecule has 7 nitrogen and oxygen atoms in total. The van der Waals surface area contributed by atoms with Crippen molar-refractivity contribution in [3.8, 4) is 5.82 Å². The summed E-state index contributed by atoms with van der Waals surface area (Å²) in [4.78, 5) is 30.5. The average molecular weight is 443 g/mol. The second-order valence-electron chi connectivity index (χ2n) is 7.57. The number of likely N-dealkylation sites (tertiary alicyclic amines) is 1. The lowest BCUT2D eigenvalue weighted by atomic mass is 10.1. The lowest BCUT2D eigenvalue weighted by molar-refractivity contribution is -0.137. The van der Waals surface area contributed by atoms with E-state index < -0.39 is 17.7 Å². The van der Waals surface area contributed by atoms with Gasteiger partial charge in [-0.05, 0) is 35.4 Å². The molecule has 1 N–H and O–H groups in total. The van der Waals surface area contributed by atoms with Gasteiger partial charge in [-0.1, -0.05) is 18.2 Å². The van der Waals surface area contributed by atoms with E-state index in [0.29, 0.717) is 11.4 Å². The molecule has 0 bridgehead atoms. The zero-order chi connectivity index (χ0) is 22.7. The summed E-state index contributed by atoms with van der Waals surface area (Å²) < 4.78 is 40.3. The molecule has 3 aromatic rings. The maximum atomic E-state index is 12.9. The summed E-state index contributed by atoms with van der Waals surface area (Å²) >= 11 is 0. The van der Waals surface area contributed by atoms with Crippen molar-refractivity contribution >= 4 is 11.8 Å². The van der Waals surface area contributed by atoms with Crippen molar-refractivity contribution < 1.29 is 22.8 Å². The predicted molar refractivity (Wildman–Crippen MR) is 108 cm³/mol. The third kappa shape index (κ3) is 4.96. The number of nitrogens with one attached hydrogen (secondary N) is 1. The molecule has 3 heterocycles. The lowest BCUT2D eigenvalue weighted by Gasteiger charge is -2.17. The highest BCUT2D eigenvalue weighted by Crippen LogP contribution is 2.30. The first-order chi connectivity index (χ1) is 15.3. The van der Waals surface area contributed by atoms with Crippen LogP contribution in [0, 0.1) is 5.92 Å². The molecule has 32 heavy (non-hydrogen) atoms. The molecule has 0 saturated carbocycles. The van der Waals surface area contributed by atoms with Gasteiger partial charge in [0, 0.05) is 44.6 Å². The number of alkyl halides is 3. The Kier molecular flexibility index (Phi) is 5.93. The van der Waals surface area contributed by atoms with E-state index in [9.17, 15) is 22.8 Å². The maximum absolute atomic E-state index is 12.9. The van der Waals surface area contributed by atoms with Crippen LogP contribution in [-0.2, 0) is 28.9 Å². The summed E-state index contributed by atoms with van der Waals surface area (Å²) in [6.07, 6.45) is 0.637. The van der Waals surface area contributed by atoms with Gasteiger partial charge in [0.15, 0.2) is 5.82 Å². The van der Waals surface area contributed by atoms with Crippen LogP contribution in [-0.4, -0.2) is 38.0 Å². The molecule has 1 aliphatic rings. The van der Waals surface area contributed by atoms with Crippen LogP contribution in [0.5, 0.6) is 0 Å². The summed E-state index contributed by atoms with van der Waals surface area (Å²) in [5, 5.41) is 6.90. The van der Waals surface area contributed by atoms with Crippen molar-refractivity contribution in [3.63, 3.8) is 0 Å². The van der Waals surface area contributed by atoms with Crippen molar-refractivity contribution in [2.24, 2.45) is 5.92 Å². The van der Waals surface area contributed by atoms with Gasteiger partial charge in [-0.3, -0.25) is 9.59 Å². The Morgan fingerprint density at radius 2 is 2.00 bits per heavy atom. The highest BCUT2D eigenvalue weighted by Gasteiger charge is 2.35. The fourth-order valence-electron chi connectivity index (χ4n) is 3.56. The summed E-state index contributed by atoms with van der Waals surface area (Å²) in [5.74, 6) is -0.435. The fourth-order valence-corrected chi connectivity index (χ4v) is 3.56. The number of rotatable bonds is 6. The third-order valence-electron chi connectivity index (χ3n) is 5.23. The number of carbonyl (C=O) groups is 2. The fraction of sp³-hybridized carbons (Fsp3) is 0.273. The van der Waals surface area contributed by atoms with E-state index in [2.05, 4.69) is 15.4 Å². The number of amides is 2. The van der Waals surface area contributed by atoms with Gasteiger partial charge in [0.05, 0.1) is 11.5 Å². The molecule has 2 amide bonds. The van der Waals surface area contributed by atoms with Crippen LogP contribution in [0.2, 0.25) is 0 Å². The molecular weight excluding hydrogens is 423 g/mol. The number of hydrogen-bond donors (Lipinski definition) is 1. The zero-order valence-corrected chi connectivity index (χ0v) is 16.9. The van der Waals surface area contributed by atoms with Gasteiger partial charge in [0.1, 0.15) is 0 Å². The standard InChI is InChI=1S/C22H20F3N5O2/c23-22(24,25)18-4-1-3-15(9-18)13-29-14-17(10-20(29)31)21(32)27-12-16-5-6-19(26-11-16)30-8-2-7-28-30/h1-9,11,17H,10,12-14H2,(H,27,32)/t17-/m1/s1. The predicted octanol–water partition coefficient (Wildman–Crippen LogP) is 2.95. The maximum Gasteiger partial charge on any atom is 0.416 e. The highest BCUT2D eigenvalue weighted by molar-refractivity contribution is 5.89. The molecule has 1 saturated heterocycles. The number of benzene rings is 1. The van der Waals surface area contributed by atoms with E-state index in [4.69, 9.17) is 0 Å². The zero-order valence-electron chi connectivity index (χ0n) is 16.9. The third-order valence-corrected chi connectivity index (χ3v) is 5.23. The number of aromatic nitrogens is 3. The SMILES string of the molecule is O=C(NCc1ccc(-n2cccn2)nc1)[C@@H]1CC(=O)N(Cc2cccc(C(F)(F)F)c2)C1. The Hall–Kier alpha value is -3.69. The molecule has 1 aromatic carbocycles. The smallest absolute Gasteiger partial charge is 0.352 e. The van der Waals surface area contributed by atoms with Gasteiger partial charge >= 0.3 is 6.18 Å². The van der Waals surface area contributed by atoms with Gasteiger partial charge in [-0.25, -0.2) is 9.67 Å². The van der Waals surface area contributed by atoms with Gasteiger partial charge in [0.2, 0.25) is 11.8 Å². The van der Waals surface area contributed by atoms with Crippen LogP contribution in [0.4, 0.5) is 13.2 Å². The Bertz CT molecular complexity index is 1100. The minimum Gasteiger partial charge on any atom is -0.352 e. The summed E-state index contributed by atoms with van der Waals surface area (Å²) in [7, 11) is 0. The van der Waals surface area contributed by atoms with E-state index in [1.54, 1.807) is 35.4 Å². The Morgan fingerprint density at radius 3 is 2.69 bits per heavy atom. The minimum atomic E-state index is -4.45. The first kappa shape index (κ1) is 21.5. The normalized spacial score (nSPS) is 16.4. The van der Waals surface area contributed by atoms with E-state index in [1.807, 2.05) is 6.07 Å². The molecule has 10 heteroatoms.